The quantitative estimate of drug-likeness (QED) is 0.272. The molecule has 0 saturated heterocycles. The highest BCUT2D eigenvalue weighted by Crippen LogP contribution is 2.32. The molecule has 0 heterocycles. The van der Waals surface area contributed by atoms with E-state index >= 15 is 0 Å². The van der Waals surface area contributed by atoms with Crippen LogP contribution in [0.4, 0.5) is 26.3 Å². The fraction of sp³-hybridized carbons (Fsp3) is 0.350. The van der Waals surface area contributed by atoms with E-state index in [2.05, 4.69) is 41.3 Å². The Morgan fingerprint density at radius 1 is 0.742 bits per heavy atom. The molecule has 0 atom stereocenters. The summed E-state index contributed by atoms with van der Waals surface area (Å²) in [6.45, 7) is 7.03. The van der Waals surface area contributed by atoms with Gasteiger partial charge in [-0.2, -0.15) is 0 Å². The maximum Gasteiger partial charge on any atom is 0.573 e. The van der Waals surface area contributed by atoms with Crippen LogP contribution in [0.25, 0.3) is 0 Å². The fourth-order valence-electron chi connectivity index (χ4n) is 2.15. The van der Waals surface area contributed by atoms with Gasteiger partial charge in [0.05, 0.1) is 0 Å². The summed E-state index contributed by atoms with van der Waals surface area (Å²) < 4.78 is 80.3. The van der Waals surface area contributed by atoms with Crippen molar-refractivity contribution < 1.29 is 40.6 Å². The average molecular weight is 580 g/mol. The lowest BCUT2D eigenvalue weighted by Crippen LogP contribution is -2.18. The number of benzene rings is 2. The van der Waals surface area contributed by atoms with E-state index in [0.29, 0.717) is 8.95 Å². The van der Waals surface area contributed by atoms with Crippen molar-refractivity contribution in [2.45, 2.75) is 45.8 Å². The van der Waals surface area contributed by atoms with Crippen LogP contribution in [-0.2, 0) is 5.41 Å². The van der Waals surface area contributed by atoms with Crippen molar-refractivity contribution in [3.8, 4) is 11.5 Å². The van der Waals surface area contributed by atoms with Crippen LogP contribution in [-0.4, -0.2) is 18.5 Å². The van der Waals surface area contributed by atoms with Gasteiger partial charge in [0.15, 0.2) is 5.78 Å². The molecular weight excluding hydrogens is 562 g/mol. The highest BCUT2D eigenvalue weighted by Gasteiger charge is 2.32. The maximum atomic E-state index is 12.1. The van der Waals surface area contributed by atoms with Gasteiger partial charge in [0.1, 0.15) is 11.5 Å². The molecule has 0 aliphatic carbocycles. The predicted molar refractivity (Wildman–Crippen MR) is 110 cm³/mol. The lowest BCUT2D eigenvalue weighted by molar-refractivity contribution is -0.275. The monoisotopic (exact) mass is 578 g/mol. The summed E-state index contributed by atoms with van der Waals surface area (Å²) in [4.78, 5) is 11.0. The Hall–Kier alpha value is -1.75. The number of alkyl halides is 6. The Morgan fingerprint density at radius 3 is 1.55 bits per heavy atom. The summed E-state index contributed by atoms with van der Waals surface area (Å²) in [6, 6.07) is 8.08. The molecule has 0 saturated carbocycles. The zero-order chi connectivity index (χ0) is 24.2. The first kappa shape index (κ1) is 27.3. The maximum absolute atomic E-state index is 12.1. The van der Waals surface area contributed by atoms with Gasteiger partial charge in [-0.25, -0.2) is 0 Å². The Balaban J connectivity index is 0.000000311. The van der Waals surface area contributed by atoms with Crippen LogP contribution in [0.5, 0.6) is 11.5 Å². The molecule has 2 rings (SSSR count). The predicted octanol–water partition coefficient (Wildman–Crippen LogP) is 8.20. The Kier molecular flexibility index (Phi) is 9.02. The molecule has 0 aliphatic heterocycles. The van der Waals surface area contributed by atoms with Gasteiger partial charge in [0.25, 0.3) is 0 Å². The molecule has 0 radical (unpaired) electrons. The van der Waals surface area contributed by atoms with Crippen molar-refractivity contribution in [1.29, 1.82) is 0 Å². The first-order chi connectivity index (χ1) is 13.9. The number of ketones is 1. The van der Waals surface area contributed by atoms with Crippen LogP contribution in [0.2, 0.25) is 0 Å². The minimum absolute atomic E-state index is 0.156. The summed E-state index contributed by atoms with van der Waals surface area (Å²) in [6.07, 6.45) is -9.41. The normalized spacial score (nSPS) is 12.0. The molecule has 2 aromatic carbocycles. The highest BCUT2D eigenvalue weighted by atomic mass is 79.9. The fourth-order valence-corrected chi connectivity index (χ4v) is 3.09. The third-order valence-corrected chi connectivity index (χ3v) is 4.40. The van der Waals surface area contributed by atoms with Gasteiger partial charge in [0.2, 0.25) is 0 Å². The molecule has 0 aliphatic rings. The SMILES string of the molecule is CC(=O)c1cc(Br)cc(OC(F)(F)F)c1.CC(C)(C)c1cc(Br)cc(OC(F)(F)F)c1. The summed E-state index contributed by atoms with van der Waals surface area (Å²) in [5.74, 6) is -0.947. The largest absolute Gasteiger partial charge is 0.573 e. The minimum Gasteiger partial charge on any atom is -0.406 e. The van der Waals surface area contributed by atoms with Crippen molar-refractivity contribution in [3.05, 3.63) is 56.5 Å². The van der Waals surface area contributed by atoms with E-state index in [1.807, 2.05) is 20.8 Å². The van der Waals surface area contributed by atoms with E-state index in [1.54, 1.807) is 6.07 Å². The van der Waals surface area contributed by atoms with Gasteiger partial charge in [0, 0.05) is 14.5 Å². The lowest BCUT2D eigenvalue weighted by Gasteiger charge is -2.20. The molecule has 2 aromatic rings. The molecule has 0 aromatic heterocycles. The third kappa shape index (κ3) is 10.9. The van der Waals surface area contributed by atoms with Gasteiger partial charge in [-0.1, -0.05) is 52.6 Å². The molecule has 172 valence electrons. The number of ether oxygens (including phenoxy) is 2. The molecule has 0 fully saturated rings. The zero-order valence-electron chi connectivity index (χ0n) is 16.7. The number of hydrogen-bond acceptors (Lipinski definition) is 3. The van der Waals surface area contributed by atoms with Crippen molar-refractivity contribution in [3.63, 3.8) is 0 Å². The topological polar surface area (TPSA) is 35.5 Å². The number of hydrogen-bond donors (Lipinski definition) is 0. The first-order valence-corrected chi connectivity index (χ1v) is 10.1. The van der Waals surface area contributed by atoms with E-state index in [0.717, 1.165) is 17.7 Å². The Labute approximate surface area is 192 Å². The van der Waals surface area contributed by atoms with Crippen molar-refractivity contribution >= 4 is 37.6 Å². The minimum atomic E-state index is -4.76. The molecule has 0 amide bonds. The van der Waals surface area contributed by atoms with Crippen molar-refractivity contribution in [2.75, 3.05) is 0 Å². The summed E-state index contributed by atoms with van der Waals surface area (Å²) in [7, 11) is 0. The van der Waals surface area contributed by atoms with Crippen molar-refractivity contribution in [2.24, 2.45) is 0 Å². The Bertz CT molecular complexity index is 919. The number of carbonyl (C=O) groups excluding carboxylic acids is 1. The first-order valence-electron chi connectivity index (χ1n) is 8.50. The van der Waals surface area contributed by atoms with E-state index in [9.17, 15) is 31.1 Å². The number of halogens is 8. The zero-order valence-corrected chi connectivity index (χ0v) is 19.9. The molecule has 0 N–H and O–H groups in total. The van der Waals surface area contributed by atoms with Crippen molar-refractivity contribution in [1.82, 2.24) is 0 Å². The van der Waals surface area contributed by atoms with Crippen LogP contribution >= 0.6 is 31.9 Å². The second-order valence-electron chi connectivity index (χ2n) is 7.25. The van der Waals surface area contributed by atoms with Gasteiger partial charge < -0.3 is 9.47 Å². The second kappa shape index (κ2) is 10.2. The van der Waals surface area contributed by atoms with Gasteiger partial charge in [-0.15, -0.1) is 26.3 Å². The molecule has 31 heavy (non-hydrogen) atoms. The number of rotatable bonds is 3. The second-order valence-corrected chi connectivity index (χ2v) is 9.08. The third-order valence-electron chi connectivity index (χ3n) is 3.48. The van der Waals surface area contributed by atoms with Gasteiger partial charge >= 0.3 is 12.7 Å². The number of Topliss-reactive ketones (excluding diaryl/α,β-unsaturated/α-hetero) is 1. The van der Waals surface area contributed by atoms with Crippen LogP contribution in [0.15, 0.2) is 45.3 Å². The van der Waals surface area contributed by atoms with Crippen LogP contribution < -0.4 is 9.47 Å². The van der Waals surface area contributed by atoms with E-state index in [1.165, 1.54) is 25.1 Å². The standard InChI is InChI=1S/C11H12BrF3O.C9H6BrF3O2/c1-10(2,3)7-4-8(12)6-9(5-7)16-11(13,14)15;1-5(14)6-2-7(10)4-8(3-6)15-9(11,12)13/h4-6H,1-3H3;2-4H,1H3. The van der Waals surface area contributed by atoms with E-state index in [-0.39, 0.29) is 22.5 Å². The molecule has 0 unspecified atom stereocenters. The summed E-state index contributed by atoms with van der Waals surface area (Å²) in [5.41, 5.74) is 0.706. The van der Waals surface area contributed by atoms with E-state index < -0.39 is 18.5 Å². The van der Waals surface area contributed by atoms with Crippen LogP contribution in [0.1, 0.15) is 43.6 Å². The molecule has 3 nitrogen and oxygen atoms in total. The molecular formula is C20H18Br2F6O3. The summed E-state index contributed by atoms with van der Waals surface area (Å²) in [5, 5.41) is 0. The van der Waals surface area contributed by atoms with Gasteiger partial charge in [-0.05, 0) is 54.3 Å². The van der Waals surface area contributed by atoms with Crippen LogP contribution in [0.3, 0.4) is 0 Å². The Morgan fingerprint density at radius 2 is 1.16 bits per heavy atom. The van der Waals surface area contributed by atoms with Crippen LogP contribution in [0, 0.1) is 0 Å². The highest BCUT2D eigenvalue weighted by molar-refractivity contribution is 9.10. The molecule has 0 spiro atoms. The average Bonchev–Trinajstić information content (AvgIpc) is 2.50. The summed E-state index contributed by atoms with van der Waals surface area (Å²) >= 11 is 6.15. The lowest BCUT2D eigenvalue weighted by atomic mass is 9.87. The van der Waals surface area contributed by atoms with Gasteiger partial charge in [-0.3, -0.25) is 4.79 Å². The van der Waals surface area contributed by atoms with E-state index in [4.69, 9.17) is 0 Å². The molecule has 11 heteroatoms. The number of carbonyl (C=O) groups is 1. The molecule has 0 bridgehead atoms. The smallest absolute Gasteiger partial charge is 0.406 e.